The van der Waals surface area contributed by atoms with Crippen LogP contribution in [-0.4, -0.2) is 34.3 Å². The van der Waals surface area contributed by atoms with Gasteiger partial charge in [-0.2, -0.15) is 0 Å². The highest BCUT2D eigenvalue weighted by atomic mass is 32.1. The van der Waals surface area contributed by atoms with E-state index in [-0.39, 0.29) is 12.5 Å². The lowest BCUT2D eigenvalue weighted by molar-refractivity contribution is -0.134. The number of fused-ring (bicyclic) bond motifs is 3. The molecule has 146 valence electrons. The first-order valence-electron chi connectivity index (χ1n) is 9.45. The van der Waals surface area contributed by atoms with Gasteiger partial charge >= 0.3 is 6.03 Å². The number of nitrogens with zero attached hydrogens (tertiary/aromatic N) is 2. The summed E-state index contributed by atoms with van der Waals surface area (Å²) in [5.41, 5.74) is 1.62. The number of carbonyl (C=O) groups excluding carboxylic acids is 3. The topological polar surface area (TPSA) is 91.4 Å². The summed E-state index contributed by atoms with van der Waals surface area (Å²) in [4.78, 5) is 43.7. The fourth-order valence-electron chi connectivity index (χ4n) is 4.18. The fraction of sp³-hybridized carbons (Fsp3) is 0.238. The summed E-state index contributed by atoms with van der Waals surface area (Å²) in [5.74, 6) is -0.817. The normalized spacial score (nSPS) is 20.8. The number of para-hydroxylation sites is 1. The molecule has 1 atom stereocenters. The molecule has 5 rings (SSSR count). The molecular weight excluding hydrogens is 388 g/mol. The molecule has 0 saturated carbocycles. The summed E-state index contributed by atoms with van der Waals surface area (Å²) < 4.78 is 0.954. The van der Waals surface area contributed by atoms with Gasteiger partial charge in [0.2, 0.25) is 5.91 Å². The number of aryl methyl sites for hydroxylation is 1. The predicted molar refractivity (Wildman–Crippen MR) is 110 cm³/mol. The van der Waals surface area contributed by atoms with Crippen LogP contribution in [0.4, 0.5) is 9.93 Å². The number of hydrogen-bond acceptors (Lipinski definition) is 5. The lowest BCUT2D eigenvalue weighted by Crippen LogP contribution is -2.47. The van der Waals surface area contributed by atoms with Gasteiger partial charge in [-0.1, -0.05) is 47.7 Å². The van der Waals surface area contributed by atoms with Crippen molar-refractivity contribution in [2.75, 3.05) is 11.9 Å². The molecule has 3 aromatic rings. The second kappa shape index (κ2) is 6.66. The zero-order chi connectivity index (χ0) is 20.0. The van der Waals surface area contributed by atoms with Crippen molar-refractivity contribution in [1.29, 1.82) is 0 Å². The number of hydrogen-bond donors (Lipinski definition) is 2. The standard InChI is InChI=1S/C21H18N4O3S/c26-17(23-19-22-15-9-3-4-10-16(15)29-19)12-25-18(27)21(24-20(25)28)11-5-7-13-6-1-2-8-14(13)21/h1-4,6,8-10H,5,7,11-12H2,(H,24,28)(H,22,23,26)/t21-/m0/s1. The van der Waals surface area contributed by atoms with Crippen LogP contribution in [0.1, 0.15) is 24.0 Å². The molecule has 1 spiro atoms. The maximum atomic E-state index is 13.2. The minimum Gasteiger partial charge on any atom is -0.319 e. The molecule has 1 aromatic heterocycles. The molecule has 1 fully saturated rings. The Morgan fingerprint density at radius 3 is 2.83 bits per heavy atom. The molecule has 2 N–H and O–H groups in total. The van der Waals surface area contributed by atoms with Gasteiger partial charge in [0.15, 0.2) is 5.13 Å². The number of rotatable bonds is 3. The molecule has 7 nitrogen and oxygen atoms in total. The van der Waals surface area contributed by atoms with Crippen LogP contribution in [0.5, 0.6) is 0 Å². The molecule has 29 heavy (non-hydrogen) atoms. The van der Waals surface area contributed by atoms with Crippen LogP contribution in [0, 0.1) is 0 Å². The quantitative estimate of drug-likeness (QED) is 0.654. The maximum Gasteiger partial charge on any atom is 0.325 e. The van der Waals surface area contributed by atoms with Crippen molar-refractivity contribution < 1.29 is 14.4 Å². The van der Waals surface area contributed by atoms with E-state index in [4.69, 9.17) is 0 Å². The van der Waals surface area contributed by atoms with Gasteiger partial charge in [0.1, 0.15) is 12.1 Å². The Balaban J connectivity index is 1.36. The second-order valence-electron chi connectivity index (χ2n) is 7.27. The van der Waals surface area contributed by atoms with Crippen molar-refractivity contribution in [3.63, 3.8) is 0 Å². The fourth-order valence-corrected chi connectivity index (χ4v) is 5.07. The van der Waals surface area contributed by atoms with Crippen molar-refractivity contribution in [1.82, 2.24) is 15.2 Å². The largest absolute Gasteiger partial charge is 0.325 e. The number of anilines is 1. The van der Waals surface area contributed by atoms with E-state index in [1.54, 1.807) is 0 Å². The van der Waals surface area contributed by atoms with Gasteiger partial charge < -0.3 is 10.6 Å². The van der Waals surface area contributed by atoms with Crippen molar-refractivity contribution in [3.05, 3.63) is 59.7 Å². The van der Waals surface area contributed by atoms with Gasteiger partial charge in [-0.3, -0.25) is 14.5 Å². The first-order chi connectivity index (χ1) is 14.1. The zero-order valence-corrected chi connectivity index (χ0v) is 16.3. The first-order valence-corrected chi connectivity index (χ1v) is 10.3. The number of benzene rings is 2. The Labute approximate surface area is 170 Å². The Morgan fingerprint density at radius 1 is 1.17 bits per heavy atom. The third kappa shape index (κ3) is 2.87. The Hall–Kier alpha value is -3.26. The molecule has 0 radical (unpaired) electrons. The van der Waals surface area contributed by atoms with E-state index in [0.717, 1.165) is 39.1 Å². The average Bonchev–Trinajstić information content (AvgIpc) is 3.22. The molecule has 0 unspecified atom stereocenters. The summed E-state index contributed by atoms with van der Waals surface area (Å²) in [6, 6.07) is 14.7. The van der Waals surface area contributed by atoms with Crippen LogP contribution in [0.3, 0.4) is 0 Å². The minimum absolute atomic E-state index is 0.343. The van der Waals surface area contributed by atoms with Gasteiger partial charge in [-0.15, -0.1) is 0 Å². The molecule has 1 saturated heterocycles. The zero-order valence-electron chi connectivity index (χ0n) is 15.5. The Morgan fingerprint density at radius 2 is 1.97 bits per heavy atom. The van der Waals surface area contributed by atoms with Gasteiger partial charge in [0.05, 0.1) is 10.2 Å². The molecule has 2 aliphatic rings. The average molecular weight is 406 g/mol. The van der Waals surface area contributed by atoms with Crippen LogP contribution in [0.15, 0.2) is 48.5 Å². The van der Waals surface area contributed by atoms with E-state index in [1.807, 2.05) is 48.5 Å². The van der Waals surface area contributed by atoms with E-state index in [1.165, 1.54) is 11.3 Å². The number of amides is 4. The van der Waals surface area contributed by atoms with Crippen molar-refractivity contribution in [2.24, 2.45) is 0 Å². The van der Waals surface area contributed by atoms with Gasteiger partial charge in [-0.05, 0) is 42.5 Å². The lowest BCUT2D eigenvalue weighted by atomic mass is 9.76. The van der Waals surface area contributed by atoms with Gasteiger partial charge in [0, 0.05) is 0 Å². The minimum atomic E-state index is -1.07. The summed E-state index contributed by atoms with van der Waals surface area (Å²) in [7, 11) is 0. The van der Waals surface area contributed by atoms with Crippen LogP contribution in [0.2, 0.25) is 0 Å². The molecule has 2 heterocycles. The highest BCUT2D eigenvalue weighted by Gasteiger charge is 2.54. The Bertz CT molecular complexity index is 1120. The predicted octanol–water partition coefficient (Wildman–Crippen LogP) is 3.02. The highest BCUT2D eigenvalue weighted by Crippen LogP contribution is 2.39. The smallest absolute Gasteiger partial charge is 0.319 e. The van der Waals surface area contributed by atoms with E-state index in [2.05, 4.69) is 15.6 Å². The number of urea groups is 1. The van der Waals surface area contributed by atoms with E-state index in [0.29, 0.717) is 11.6 Å². The number of imide groups is 1. The number of thiazole rings is 1. The molecule has 2 aromatic carbocycles. The summed E-state index contributed by atoms with van der Waals surface area (Å²) >= 11 is 1.35. The molecule has 1 aliphatic heterocycles. The second-order valence-corrected chi connectivity index (χ2v) is 8.30. The summed E-state index contributed by atoms with van der Waals surface area (Å²) in [5, 5.41) is 6.01. The highest BCUT2D eigenvalue weighted by molar-refractivity contribution is 7.22. The van der Waals surface area contributed by atoms with Crippen LogP contribution < -0.4 is 10.6 Å². The van der Waals surface area contributed by atoms with Crippen LogP contribution in [0.25, 0.3) is 10.2 Å². The van der Waals surface area contributed by atoms with Crippen molar-refractivity contribution in [3.8, 4) is 0 Å². The van der Waals surface area contributed by atoms with E-state index < -0.39 is 17.5 Å². The van der Waals surface area contributed by atoms with Gasteiger partial charge in [-0.25, -0.2) is 9.78 Å². The number of aromatic nitrogens is 1. The molecular formula is C21H18N4O3S. The molecule has 1 aliphatic carbocycles. The van der Waals surface area contributed by atoms with Crippen molar-refractivity contribution in [2.45, 2.75) is 24.8 Å². The summed E-state index contributed by atoms with van der Waals surface area (Å²) in [6.45, 7) is -0.343. The van der Waals surface area contributed by atoms with Crippen LogP contribution >= 0.6 is 11.3 Å². The van der Waals surface area contributed by atoms with Crippen molar-refractivity contribution >= 4 is 44.5 Å². The van der Waals surface area contributed by atoms with Crippen LogP contribution in [-0.2, 0) is 21.5 Å². The number of nitrogens with one attached hydrogen (secondary N) is 2. The van der Waals surface area contributed by atoms with Gasteiger partial charge in [0.25, 0.3) is 5.91 Å². The molecule has 0 bridgehead atoms. The number of carbonyl (C=O) groups is 3. The van der Waals surface area contributed by atoms with E-state index >= 15 is 0 Å². The SMILES string of the molecule is O=C(CN1C(=O)N[C@]2(CCCc3ccccc32)C1=O)Nc1nc2ccccc2s1. The first kappa shape index (κ1) is 17.8. The molecule has 4 amide bonds. The van der Waals surface area contributed by atoms with E-state index in [9.17, 15) is 14.4 Å². The third-order valence-corrected chi connectivity index (χ3v) is 6.44. The third-order valence-electron chi connectivity index (χ3n) is 5.49. The molecule has 8 heteroatoms. The maximum absolute atomic E-state index is 13.2. The summed E-state index contributed by atoms with van der Waals surface area (Å²) in [6.07, 6.45) is 2.21. The lowest BCUT2D eigenvalue weighted by Gasteiger charge is -2.33. The monoisotopic (exact) mass is 406 g/mol. The Kier molecular flexibility index (Phi) is 4.09.